The van der Waals surface area contributed by atoms with Gasteiger partial charge < -0.3 is 4.90 Å². The van der Waals surface area contributed by atoms with E-state index in [1.807, 2.05) is 0 Å². The van der Waals surface area contributed by atoms with Gasteiger partial charge in [0.05, 0.1) is 0 Å². The van der Waals surface area contributed by atoms with E-state index >= 15 is 0 Å². The van der Waals surface area contributed by atoms with E-state index in [2.05, 4.69) is 0 Å². The molecule has 1 unspecified atom stereocenters. The SMILES string of the molecule is CN(C)C(=O)C1(F)[CH]C=CC=C1. The zero-order valence-corrected chi connectivity index (χ0v) is 7.12. The lowest BCUT2D eigenvalue weighted by atomic mass is 9.96. The monoisotopic (exact) mass is 168 g/mol. The molecular formula is C9H11FNO. The van der Waals surface area contributed by atoms with Crippen molar-refractivity contribution in [3.63, 3.8) is 0 Å². The largest absolute Gasteiger partial charge is 0.346 e. The number of carbonyl (C=O) groups is 1. The van der Waals surface area contributed by atoms with Gasteiger partial charge in [-0.3, -0.25) is 4.79 Å². The second-order valence-corrected chi connectivity index (χ2v) is 2.88. The molecule has 0 aliphatic heterocycles. The van der Waals surface area contributed by atoms with Gasteiger partial charge in [-0.2, -0.15) is 0 Å². The van der Waals surface area contributed by atoms with Gasteiger partial charge in [0.15, 0.2) is 0 Å². The lowest BCUT2D eigenvalue weighted by Gasteiger charge is -2.23. The average molecular weight is 168 g/mol. The average Bonchev–Trinajstić information content (AvgIpc) is 2.04. The molecule has 1 amide bonds. The second-order valence-electron chi connectivity index (χ2n) is 2.88. The van der Waals surface area contributed by atoms with Gasteiger partial charge in [0, 0.05) is 20.5 Å². The molecule has 0 saturated heterocycles. The molecule has 1 radical (unpaired) electrons. The number of carbonyl (C=O) groups excluding carboxylic acids is 1. The fraction of sp³-hybridized carbons (Fsp3) is 0.333. The van der Waals surface area contributed by atoms with Crippen molar-refractivity contribution in [2.45, 2.75) is 5.67 Å². The van der Waals surface area contributed by atoms with Crippen LogP contribution in [0.1, 0.15) is 0 Å². The molecule has 12 heavy (non-hydrogen) atoms. The number of allylic oxidation sites excluding steroid dienone is 3. The van der Waals surface area contributed by atoms with Gasteiger partial charge in [0.25, 0.3) is 5.91 Å². The highest BCUT2D eigenvalue weighted by Crippen LogP contribution is 2.23. The van der Waals surface area contributed by atoms with Gasteiger partial charge in [-0.1, -0.05) is 18.2 Å². The lowest BCUT2D eigenvalue weighted by Crippen LogP contribution is -2.41. The Labute approximate surface area is 71.4 Å². The molecule has 1 rings (SSSR count). The highest BCUT2D eigenvalue weighted by molar-refractivity contribution is 5.89. The quantitative estimate of drug-likeness (QED) is 0.574. The third kappa shape index (κ3) is 1.55. The van der Waals surface area contributed by atoms with Crippen LogP contribution in [0.2, 0.25) is 0 Å². The Morgan fingerprint density at radius 3 is 2.42 bits per heavy atom. The highest BCUT2D eigenvalue weighted by atomic mass is 19.1. The molecule has 3 heteroatoms. The standard InChI is InChI=1S/C9H11FNO/c1-11(2)8(12)9(10)6-4-3-5-7-9/h3-7H,1-2H3. The number of hydrogen-bond donors (Lipinski definition) is 0. The predicted octanol–water partition coefficient (Wildman–Crippen LogP) is 1.11. The Morgan fingerprint density at radius 1 is 1.33 bits per heavy atom. The second kappa shape index (κ2) is 3.09. The fourth-order valence-corrected chi connectivity index (χ4v) is 0.996. The third-order valence-corrected chi connectivity index (χ3v) is 1.63. The molecule has 2 nitrogen and oxygen atoms in total. The number of halogens is 1. The number of rotatable bonds is 1. The topological polar surface area (TPSA) is 20.3 Å². The van der Waals surface area contributed by atoms with E-state index in [4.69, 9.17) is 0 Å². The maximum absolute atomic E-state index is 13.6. The first-order valence-corrected chi connectivity index (χ1v) is 3.67. The first kappa shape index (κ1) is 8.97. The summed E-state index contributed by atoms with van der Waals surface area (Å²) in [5.41, 5.74) is -1.95. The summed E-state index contributed by atoms with van der Waals surface area (Å²) in [4.78, 5) is 12.5. The summed E-state index contributed by atoms with van der Waals surface area (Å²) >= 11 is 0. The Morgan fingerprint density at radius 2 is 2.00 bits per heavy atom. The molecular weight excluding hydrogens is 157 g/mol. The van der Waals surface area contributed by atoms with Crippen molar-refractivity contribution in [1.82, 2.24) is 4.90 Å². The fourth-order valence-electron chi connectivity index (χ4n) is 0.996. The summed E-state index contributed by atoms with van der Waals surface area (Å²) in [6.07, 6.45) is 7.23. The maximum atomic E-state index is 13.6. The van der Waals surface area contributed by atoms with Gasteiger partial charge in [-0.05, 0) is 6.08 Å². The predicted molar refractivity (Wildman–Crippen MR) is 45.1 cm³/mol. The molecule has 65 valence electrons. The summed E-state index contributed by atoms with van der Waals surface area (Å²) in [5, 5.41) is 0. The van der Waals surface area contributed by atoms with Crippen LogP contribution in [0.15, 0.2) is 24.3 Å². The summed E-state index contributed by atoms with van der Waals surface area (Å²) in [7, 11) is 3.06. The zero-order valence-electron chi connectivity index (χ0n) is 7.12. The molecule has 1 aliphatic rings. The first-order chi connectivity index (χ1) is 5.56. The van der Waals surface area contributed by atoms with Gasteiger partial charge >= 0.3 is 0 Å². The third-order valence-electron chi connectivity index (χ3n) is 1.63. The molecule has 0 aromatic carbocycles. The molecule has 0 aromatic rings. The molecule has 0 spiro atoms. The Hall–Kier alpha value is -1.12. The highest BCUT2D eigenvalue weighted by Gasteiger charge is 2.36. The van der Waals surface area contributed by atoms with Gasteiger partial charge in [0.2, 0.25) is 5.67 Å². The number of nitrogens with zero attached hydrogens (tertiary/aromatic N) is 1. The lowest BCUT2D eigenvalue weighted by molar-refractivity contribution is -0.136. The van der Waals surface area contributed by atoms with Crippen molar-refractivity contribution in [3.05, 3.63) is 30.7 Å². The van der Waals surface area contributed by atoms with Gasteiger partial charge in [-0.15, -0.1) is 0 Å². The minimum absolute atomic E-state index is 0.553. The summed E-state index contributed by atoms with van der Waals surface area (Å²) < 4.78 is 13.6. The van der Waals surface area contributed by atoms with Crippen LogP contribution in [0.4, 0.5) is 4.39 Å². The molecule has 0 N–H and O–H groups in total. The molecule has 0 fully saturated rings. The van der Waals surface area contributed by atoms with E-state index in [1.54, 1.807) is 6.08 Å². The number of amides is 1. The van der Waals surface area contributed by atoms with E-state index in [-0.39, 0.29) is 0 Å². The molecule has 0 heterocycles. The molecule has 0 saturated carbocycles. The van der Waals surface area contributed by atoms with Crippen LogP contribution < -0.4 is 0 Å². The normalized spacial score (nSPS) is 27.2. The van der Waals surface area contributed by atoms with Crippen molar-refractivity contribution in [1.29, 1.82) is 0 Å². The van der Waals surface area contributed by atoms with E-state index in [0.29, 0.717) is 0 Å². The Kier molecular flexibility index (Phi) is 2.31. The van der Waals surface area contributed by atoms with E-state index < -0.39 is 11.6 Å². The van der Waals surface area contributed by atoms with Crippen LogP contribution in [0.3, 0.4) is 0 Å². The van der Waals surface area contributed by atoms with Crippen molar-refractivity contribution >= 4 is 5.91 Å². The zero-order chi connectivity index (χ0) is 9.19. The van der Waals surface area contributed by atoms with Crippen LogP contribution in [0.25, 0.3) is 0 Å². The minimum Gasteiger partial charge on any atom is -0.346 e. The number of hydrogen-bond acceptors (Lipinski definition) is 1. The van der Waals surface area contributed by atoms with Crippen LogP contribution >= 0.6 is 0 Å². The number of alkyl halides is 1. The van der Waals surface area contributed by atoms with Crippen LogP contribution in [0, 0.1) is 6.42 Å². The minimum atomic E-state index is -1.95. The molecule has 1 aliphatic carbocycles. The Bertz CT molecular complexity index is 245. The van der Waals surface area contributed by atoms with Gasteiger partial charge in [-0.25, -0.2) is 4.39 Å². The van der Waals surface area contributed by atoms with E-state index in [0.717, 1.165) is 0 Å². The first-order valence-electron chi connectivity index (χ1n) is 3.67. The Balaban J connectivity index is 2.79. The van der Waals surface area contributed by atoms with Crippen molar-refractivity contribution in [3.8, 4) is 0 Å². The van der Waals surface area contributed by atoms with Crippen LogP contribution in [-0.4, -0.2) is 30.6 Å². The summed E-state index contributed by atoms with van der Waals surface area (Å²) in [5.74, 6) is -0.553. The summed E-state index contributed by atoms with van der Waals surface area (Å²) in [6, 6.07) is 0. The molecule has 0 aromatic heterocycles. The van der Waals surface area contributed by atoms with E-state index in [9.17, 15) is 9.18 Å². The van der Waals surface area contributed by atoms with Crippen LogP contribution in [-0.2, 0) is 4.79 Å². The van der Waals surface area contributed by atoms with Crippen molar-refractivity contribution in [2.75, 3.05) is 14.1 Å². The van der Waals surface area contributed by atoms with Gasteiger partial charge in [0.1, 0.15) is 0 Å². The van der Waals surface area contributed by atoms with Crippen molar-refractivity contribution in [2.24, 2.45) is 0 Å². The molecule has 0 bridgehead atoms. The maximum Gasteiger partial charge on any atom is 0.264 e. The summed E-state index contributed by atoms with van der Waals surface area (Å²) in [6.45, 7) is 0. The molecule has 1 atom stereocenters. The van der Waals surface area contributed by atoms with Crippen molar-refractivity contribution < 1.29 is 9.18 Å². The van der Waals surface area contributed by atoms with E-state index in [1.165, 1.54) is 43.6 Å². The smallest absolute Gasteiger partial charge is 0.264 e. The van der Waals surface area contributed by atoms with Crippen LogP contribution in [0.5, 0.6) is 0 Å².